The number of amides is 3. The van der Waals surface area contributed by atoms with Gasteiger partial charge in [0.05, 0.1) is 32.8 Å². The number of fused-ring (bicyclic) bond motifs is 2. The molecule has 0 spiro atoms. The summed E-state index contributed by atoms with van der Waals surface area (Å²) in [5.74, 6) is -3.51. The molecule has 3 atom stereocenters. The summed E-state index contributed by atoms with van der Waals surface area (Å²) in [7, 11) is 0. The number of thiazole rings is 1. The van der Waals surface area contributed by atoms with Gasteiger partial charge in [-0.05, 0) is 42.0 Å². The number of nitro benzene ring substituents is 1. The molecular weight excluding hydrogens is 637 g/mol. The first-order chi connectivity index (χ1) is 21.4. The molecule has 3 aromatic carbocycles. The number of ether oxygens (including phenoxy) is 1. The van der Waals surface area contributed by atoms with Crippen LogP contribution < -0.4 is 19.8 Å². The molecule has 45 heavy (non-hydrogen) atoms. The molecule has 0 aliphatic carbocycles. The number of anilines is 2. The molecule has 3 unspecified atom stereocenters. The highest BCUT2D eigenvalue weighted by Crippen LogP contribution is 2.53. The predicted molar refractivity (Wildman–Crippen MR) is 158 cm³/mol. The molecule has 3 amide bonds. The summed E-state index contributed by atoms with van der Waals surface area (Å²) >= 11 is 1.95. The van der Waals surface area contributed by atoms with Crippen molar-refractivity contribution in [2.75, 3.05) is 16.8 Å². The van der Waals surface area contributed by atoms with Crippen LogP contribution in [0.1, 0.15) is 21.9 Å². The van der Waals surface area contributed by atoms with Crippen molar-refractivity contribution in [3.05, 3.63) is 109 Å². The number of aromatic nitrogens is 1. The van der Waals surface area contributed by atoms with Crippen molar-refractivity contribution < 1.29 is 37.2 Å². The van der Waals surface area contributed by atoms with Gasteiger partial charge >= 0.3 is 11.0 Å². The molecule has 0 saturated carbocycles. The Morgan fingerprint density at radius 1 is 1.02 bits per heavy atom. The van der Waals surface area contributed by atoms with Crippen LogP contribution in [0, 0.1) is 16.0 Å². The van der Waals surface area contributed by atoms with Gasteiger partial charge in [0, 0.05) is 22.9 Å². The maximum absolute atomic E-state index is 13.9. The molecule has 1 fully saturated rings. The number of rotatable bonds is 7. The van der Waals surface area contributed by atoms with Crippen molar-refractivity contribution in [1.29, 1.82) is 0 Å². The lowest BCUT2D eigenvalue weighted by molar-refractivity contribution is -0.384. The summed E-state index contributed by atoms with van der Waals surface area (Å²) in [6, 6.07) is 15.8. The van der Waals surface area contributed by atoms with E-state index in [0.29, 0.717) is 15.5 Å². The molecule has 3 heterocycles. The second-order valence-electron chi connectivity index (χ2n) is 9.99. The van der Waals surface area contributed by atoms with E-state index in [-0.39, 0.29) is 22.0 Å². The van der Waals surface area contributed by atoms with E-state index < -0.39 is 63.8 Å². The number of hydrogen-bond acceptors (Lipinski definition) is 9. The third-order valence-electron chi connectivity index (χ3n) is 7.24. The lowest BCUT2D eigenvalue weighted by Gasteiger charge is -2.30. The number of imide groups is 1. The molecular formula is C29H19F3N4O7S2. The van der Waals surface area contributed by atoms with E-state index in [1.54, 1.807) is 12.1 Å². The Balaban J connectivity index is 1.27. The smallest absolute Gasteiger partial charge is 0.418 e. The summed E-state index contributed by atoms with van der Waals surface area (Å²) < 4.78 is 45.5. The maximum atomic E-state index is 13.9. The summed E-state index contributed by atoms with van der Waals surface area (Å²) in [4.78, 5) is 66.6. The highest BCUT2D eigenvalue weighted by atomic mass is 32.2. The van der Waals surface area contributed by atoms with Crippen LogP contribution in [-0.2, 0) is 20.6 Å². The highest BCUT2D eigenvalue weighted by Gasteiger charge is 2.56. The van der Waals surface area contributed by atoms with Gasteiger partial charge in [0.15, 0.2) is 6.61 Å². The molecule has 2 N–H and O–H groups in total. The number of carbonyl (C=O) groups excluding carboxylic acids is 3. The van der Waals surface area contributed by atoms with Gasteiger partial charge in [-0.15, -0.1) is 0 Å². The number of nitrogens with zero attached hydrogens (tertiary/aromatic N) is 2. The Bertz CT molecular complexity index is 1910. The number of benzene rings is 3. The molecule has 4 aromatic rings. The standard InChI is InChI=1S/C29H19F3N4O7S2/c30-29(31,32)18-6-1-2-7-19(18)33-20(37)13-43-17-5-3-4-14(12-17)21-22-24(44-25-23(21)45-28(40)34-25)27(39)35(26(22)38)15-8-10-16(11-9-15)36(41)42/h1-12,21-22,24H,13H2,(H,33,37)(H,34,40). The molecule has 0 bridgehead atoms. The summed E-state index contributed by atoms with van der Waals surface area (Å²) in [5, 5.41) is 12.8. The monoisotopic (exact) mass is 656 g/mol. The van der Waals surface area contributed by atoms with Gasteiger partial charge < -0.3 is 15.0 Å². The van der Waals surface area contributed by atoms with E-state index in [0.717, 1.165) is 40.1 Å². The number of para-hydroxylation sites is 1. The molecule has 1 aromatic heterocycles. The van der Waals surface area contributed by atoms with Crippen molar-refractivity contribution in [1.82, 2.24) is 4.98 Å². The number of non-ortho nitro benzene ring substituents is 1. The van der Waals surface area contributed by atoms with E-state index in [1.165, 1.54) is 48.5 Å². The molecule has 0 radical (unpaired) electrons. The Kier molecular flexibility index (Phi) is 7.70. The summed E-state index contributed by atoms with van der Waals surface area (Å²) in [5.41, 5.74) is -0.984. The van der Waals surface area contributed by atoms with Gasteiger partial charge in [-0.1, -0.05) is 47.4 Å². The van der Waals surface area contributed by atoms with E-state index in [4.69, 9.17) is 4.74 Å². The SMILES string of the molecule is O=C(COc1cccc(C2c3sc(=O)[nH]c3SC3C(=O)N(c4ccc([N+](=O)[O-])cc4)C(=O)C32)c1)Nc1ccccc1C(F)(F)F. The van der Waals surface area contributed by atoms with Gasteiger partial charge in [0.1, 0.15) is 11.0 Å². The van der Waals surface area contributed by atoms with Crippen LogP contribution in [0.2, 0.25) is 0 Å². The van der Waals surface area contributed by atoms with Gasteiger partial charge in [0.2, 0.25) is 11.8 Å². The fourth-order valence-electron chi connectivity index (χ4n) is 5.33. The third-order valence-corrected chi connectivity index (χ3v) is 9.64. The minimum Gasteiger partial charge on any atom is -0.484 e. The van der Waals surface area contributed by atoms with Gasteiger partial charge in [-0.3, -0.25) is 29.3 Å². The second-order valence-corrected chi connectivity index (χ2v) is 12.2. The zero-order valence-electron chi connectivity index (χ0n) is 22.6. The molecule has 16 heteroatoms. The zero-order chi connectivity index (χ0) is 32.0. The average molecular weight is 657 g/mol. The molecule has 2 aliphatic rings. The predicted octanol–water partition coefficient (Wildman–Crippen LogP) is 5.18. The fourth-order valence-corrected chi connectivity index (χ4v) is 7.84. The van der Waals surface area contributed by atoms with Crippen molar-refractivity contribution >= 4 is 57.9 Å². The van der Waals surface area contributed by atoms with Crippen LogP contribution in [0.5, 0.6) is 5.75 Å². The minimum absolute atomic E-state index is 0.162. The van der Waals surface area contributed by atoms with Crippen LogP contribution in [0.4, 0.5) is 30.2 Å². The topological polar surface area (TPSA) is 152 Å². The zero-order valence-corrected chi connectivity index (χ0v) is 24.2. The summed E-state index contributed by atoms with van der Waals surface area (Å²) in [6.07, 6.45) is -4.68. The van der Waals surface area contributed by atoms with Crippen LogP contribution >= 0.6 is 23.1 Å². The number of hydrogen-bond donors (Lipinski definition) is 2. The van der Waals surface area contributed by atoms with E-state index in [9.17, 15) is 42.5 Å². The third kappa shape index (κ3) is 5.69. The van der Waals surface area contributed by atoms with Crippen molar-refractivity contribution in [3.63, 3.8) is 0 Å². The highest BCUT2D eigenvalue weighted by molar-refractivity contribution is 8.00. The number of thioether (sulfide) groups is 1. The lowest BCUT2D eigenvalue weighted by Crippen LogP contribution is -2.32. The first kappa shape index (κ1) is 30.1. The second kappa shape index (κ2) is 11.5. The maximum Gasteiger partial charge on any atom is 0.418 e. The van der Waals surface area contributed by atoms with Gasteiger partial charge in [-0.2, -0.15) is 13.2 Å². The van der Waals surface area contributed by atoms with Crippen LogP contribution in [0.25, 0.3) is 0 Å². The van der Waals surface area contributed by atoms with Gasteiger partial charge in [-0.25, -0.2) is 4.90 Å². The fraction of sp³-hybridized carbons (Fsp3) is 0.172. The van der Waals surface area contributed by atoms with E-state index >= 15 is 0 Å². The lowest BCUT2D eigenvalue weighted by atomic mass is 9.83. The molecule has 1 saturated heterocycles. The Morgan fingerprint density at radius 2 is 1.76 bits per heavy atom. The molecule has 230 valence electrons. The molecule has 2 aliphatic heterocycles. The average Bonchev–Trinajstić information content (AvgIpc) is 3.49. The Hall–Kier alpha value is -4.96. The van der Waals surface area contributed by atoms with Crippen molar-refractivity contribution in [3.8, 4) is 5.75 Å². The molecule has 6 rings (SSSR count). The normalized spacial score (nSPS) is 19.2. The first-order valence-electron chi connectivity index (χ1n) is 13.1. The van der Waals surface area contributed by atoms with E-state index in [2.05, 4.69) is 10.3 Å². The number of nitro groups is 1. The number of aromatic amines is 1. The summed E-state index contributed by atoms with van der Waals surface area (Å²) in [6.45, 7) is -0.629. The van der Waals surface area contributed by atoms with Gasteiger partial charge in [0.25, 0.3) is 11.6 Å². The van der Waals surface area contributed by atoms with Crippen LogP contribution in [-0.4, -0.2) is 39.5 Å². The number of H-pyrrole nitrogens is 1. The Morgan fingerprint density at radius 3 is 2.47 bits per heavy atom. The van der Waals surface area contributed by atoms with Crippen molar-refractivity contribution in [2.24, 2.45) is 5.92 Å². The van der Waals surface area contributed by atoms with E-state index in [1.807, 2.05) is 0 Å². The van der Waals surface area contributed by atoms with Crippen molar-refractivity contribution in [2.45, 2.75) is 22.4 Å². The minimum atomic E-state index is -4.68. The largest absolute Gasteiger partial charge is 0.484 e. The number of alkyl halides is 3. The number of nitrogens with one attached hydrogen (secondary N) is 2. The quantitative estimate of drug-likeness (QED) is 0.157. The Labute approximate surface area is 259 Å². The van der Waals surface area contributed by atoms with Crippen LogP contribution in [0.3, 0.4) is 0 Å². The number of carbonyl (C=O) groups is 3. The first-order valence-corrected chi connectivity index (χ1v) is 14.8. The number of halogens is 3. The van der Waals surface area contributed by atoms with Crippen LogP contribution in [0.15, 0.2) is 82.6 Å². The molecule has 11 nitrogen and oxygen atoms in total.